The van der Waals surface area contributed by atoms with Crippen LogP contribution in [-0.2, 0) is 9.53 Å². The number of hydrogen-bond acceptors (Lipinski definition) is 5. The molecule has 0 aliphatic carbocycles. The predicted octanol–water partition coefficient (Wildman–Crippen LogP) is 7.27. The maximum atomic E-state index is 14.3. The van der Waals surface area contributed by atoms with Crippen molar-refractivity contribution >= 4 is 18.1 Å². The molecule has 2 aromatic rings. The van der Waals surface area contributed by atoms with Gasteiger partial charge in [0.15, 0.2) is 0 Å². The number of hydrogen-bond donors (Lipinski definition) is 0. The quantitative estimate of drug-likeness (QED) is 0.264. The number of carbonyl (C=O) groups is 2. The molecule has 1 heterocycles. The van der Waals surface area contributed by atoms with Gasteiger partial charge in [0, 0.05) is 46.0 Å². The van der Waals surface area contributed by atoms with Crippen LogP contribution in [0.5, 0.6) is 0 Å². The highest BCUT2D eigenvalue weighted by molar-refractivity contribution is 5.94. The van der Waals surface area contributed by atoms with E-state index in [2.05, 4.69) is 35.5 Å². The molecule has 1 aromatic heterocycles. The molecule has 0 aliphatic rings. The summed E-state index contributed by atoms with van der Waals surface area (Å²) in [7, 11) is 4.58. The standard InChI is InChI=1S/C17H17F2N3O.C8H18.C5H10O2/c1-10-8-21-16(5-11(10)9-20-2)12-6-15(19)13(7-14(12)18)17(23)22(3)4;1-4-6-8(3)7-5-2;1-4(2)7-5(3)6/h5-9H,1-4H3;8H,4-7H2,1-3H3;4H,1-3H3. The van der Waals surface area contributed by atoms with Crippen LogP contribution in [0.4, 0.5) is 8.78 Å². The molecule has 0 saturated carbocycles. The van der Waals surface area contributed by atoms with Crippen molar-refractivity contribution in [2.45, 2.75) is 80.3 Å². The SMILES string of the molecule is CC(=O)OC(C)C.CCCC(C)CCC.CN=Cc1cc(-c2cc(F)c(C(=O)N(C)C)cc2F)ncc1C. The van der Waals surface area contributed by atoms with Gasteiger partial charge in [0.1, 0.15) is 11.6 Å². The van der Waals surface area contributed by atoms with E-state index in [0.29, 0.717) is 0 Å². The lowest BCUT2D eigenvalue weighted by Crippen LogP contribution is -2.23. The van der Waals surface area contributed by atoms with Crippen molar-refractivity contribution in [1.29, 1.82) is 0 Å². The van der Waals surface area contributed by atoms with Crippen molar-refractivity contribution in [3.63, 3.8) is 0 Å². The van der Waals surface area contributed by atoms with E-state index in [9.17, 15) is 18.4 Å². The highest BCUT2D eigenvalue weighted by Gasteiger charge is 2.19. The van der Waals surface area contributed by atoms with E-state index in [4.69, 9.17) is 0 Å². The van der Waals surface area contributed by atoms with Crippen LogP contribution in [0, 0.1) is 24.5 Å². The fourth-order valence-electron chi connectivity index (χ4n) is 3.57. The van der Waals surface area contributed by atoms with Gasteiger partial charge in [0.05, 0.1) is 17.4 Å². The molecule has 0 radical (unpaired) electrons. The maximum absolute atomic E-state index is 14.3. The molecular formula is C30H45F2N3O3. The summed E-state index contributed by atoms with van der Waals surface area (Å²) in [5.41, 5.74) is 1.62. The van der Waals surface area contributed by atoms with Gasteiger partial charge >= 0.3 is 5.97 Å². The van der Waals surface area contributed by atoms with Gasteiger partial charge in [0.25, 0.3) is 5.91 Å². The monoisotopic (exact) mass is 533 g/mol. The Hall–Kier alpha value is -3.16. The zero-order valence-electron chi connectivity index (χ0n) is 24.7. The van der Waals surface area contributed by atoms with Crippen LogP contribution in [0.2, 0.25) is 0 Å². The molecule has 6 nitrogen and oxygen atoms in total. The third-order valence-corrected chi connectivity index (χ3v) is 5.35. The number of aromatic nitrogens is 1. The lowest BCUT2D eigenvalue weighted by atomic mass is 10.0. The second-order valence-electron chi connectivity index (χ2n) is 9.67. The molecule has 38 heavy (non-hydrogen) atoms. The first kappa shape index (κ1) is 34.8. The number of carbonyl (C=O) groups excluding carboxylic acids is 2. The average molecular weight is 534 g/mol. The second-order valence-corrected chi connectivity index (χ2v) is 9.67. The molecular weight excluding hydrogens is 488 g/mol. The minimum atomic E-state index is -0.784. The van der Waals surface area contributed by atoms with Gasteiger partial charge in [-0.05, 0) is 56.0 Å². The normalized spacial score (nSPS) is 10.6. The Balaban J connectivity index is 0.000000750. The van der Waals surface area contributed by atoms with Crippen LogP contribution in [0.3, 0.4) is 0 Å². The van der Waals surface area contributed by atoms with Gasteiger partial charge in [-0.15, -0.1) is 0 Å². The number of aliphatic imine (C=N–C) groups is 1. The molecule has 0 unspecified atom stereocenters. The van der Waals surface area contributed by atoms with Gasteiger partial charge in [-0.2, -0.15) is 0 Å². The molecule has 1 amide bonds. The third kappa shape index (κ3) is 12.9. The highest BCUT2D eigenvalue weighted by Crippen LogP contribution is 2.26. The summed E-state index contributed by atoms with van der Waals surface area (Å²) in [5.74, 6) is -1.33. The van der Waals surface area contributed by atoms with Crippen molar-refractivity contribution in [3.8, 4) is 11.3 Å². The fourth-order valence-corrected chi connectivity index (χ4v) is 3.57. The zero-order valence-corrected chi connectivity index (χ0v) is 24.7. The van der Waals surface area contributed by atoms with E-state index >= 15 is 0 Å². The summed E-state index contributed by atoms with van der Waals surface area (Å²) in [5, 5.41) is 0. The molecule has 212 valence electrons. The number of amides is 1. The molecule has 0 spiro atoms. The van der Waals surface area contributed by atoms with E-state index in [1.807, 2.05) is 20.8 Å². The van der Waals surface area contributed by atoms with Gasteiger partial charge < -0.3 is 9.64 Å². The number of pyridine rings is 1. The van der Waals surface area contributed by atoms with Crippen LogP contribution in [0.1, 0.15) is 88.7 Å². The second kappa shape index (κ2) is 18.2. The van der Waals surface area contributed by atoms with Crippen LogP contribution in [0.25, 0.3) is 11.3 Å². The molecule has 0 fully saturated rings. The Kier molecular flexibility index (Phi) is 16.6. The first-order valence-electron chi connectivity index (χ1n) is 13.1. The van der Waals surface area contributed by atoms with Crippen LogP contribution in [-0.4, -0.2) is 55.2 Å². The first-order chi connectivity index (χ1) is 17.8. The largest absolute Gasteiger partial charge is 0.463 e. The van der Waals surface area contributed by atoms with Crippen molar-refractivity contribution in [3.05, 3.63) is 52.7 Å². The number of rotatable bonds is 8. The van der Waals surface area contributed by atoms with Crippen molar-refractivity contribution < 1.29 is 23.1 Å². The molecule has 8 heteroatoms. The Bertz CT molecular complexity index is 1050. The van der Waals surface area contributed by atoms with Gasteiger partial charge in [0.2, 0.25) is 0 Å². The Labute approximate surface area is 227 Å². The zero-order chi connectivity index (χ0) is 29.4. The molecule has 1 aromatic carbocycles. The van der Waals surface area contributed by atoms with Gasteiger partial charge in [-0.3, -0.25) is 19.6 Å². The summed E-state index contributed by atoms with van der Waals surface area (Å²) in [6, 6.07) is 3.53. The molecule has 0 aliphatic heterocycles. The van der Waals surface area contributed by atoms with Gasteiger partial charge in [-0.25, -0.2) is 8.78 Å². The van der Waals surface area contributed by atoms with E-state index in [1.165, 1.54) is 51.6 Å². The number of benzene rings is 1. The summed E-state index contributed by atoms with van der Waals surface area (Å²) in [6.45, 7) is 13.7. The first-order valence-corrected chi connectivity index (χ1v) is 13.1. The maximum Gasteiger partial charge on any atom is 0.302 e. The van der Waals surface area contributed by atoms with Crippen LogP contribution in [0.15, 0.2) is 29.4 Å². The van der Waals surface area contributed by atoms with E-state index in [0.717, 1.165) is 29.2 Å². The smallest absolute Gasteiger partial charge is 0.302 e. The Morgan fingerprint density at radius 2 is 1.63 bits per heavy atom. The van der Waals surface area contributed by atoms with Crippen molar-refractivity contribution in [1.82, 2.24) is 9.88 Å². The molecule has 0 saturated heterocycles. The van der Waals surface area contributed by atoms with Crippen LogP contribution < -0.4 is 0 Å². The molecule has 0 N–H and O–H groups in total. The van der Waals surface area contributed by atoms with Crippen molar-refractivity contribution in [2.24, 2.45) is 10.9 Å². The average Bonchev–Trinajstić information content (AvgIpc) is 2.82. The molecule has 2 rings (SSSR count). The Morgan fingerprint density at radius 1 is 1.05 bits per heavy atom. The number of ether oxygens (including phenoxy) is 1. The number of halogens is 2. The van der Waals surface area contributed by atoms with E-state index in [-0.39, 0.29) is 28.9 Å². The lowest BCUT2D eigenvalue weighted by molar-refractivity contribution is -0.144. The van der Waals surface area contributed by atoms with Crippen LogP contribution >= 0.6 is 0 Å². The summed E-state index contributed by atoms with van der Waals surface area (Å²) < 4.78 is 33.1. The fraction of sp³-hybridized carbons (Fsp3) is 0.533. The van der Waals surface area contributed by atoms with E-state index in [1.54, 1.807) is 25.5 Å². The van der Waals surface area contributed by atoms with Gasteiger partial charge in [-0.1, -0.05) is 46.5 Å². The van der Waals surface area contributed by atoms with Crippen molar-refractivity contribution in [2.75, 3.05) is 21.1 Å². The topological polar surface area (TPSA) is 71.9 Å². The summed E-state index contributed by atoms with van der Waals surface area (Å²) in [4.78, 5) is 31.1. The minimum Gasteiger partial charge on any atom is -0.463 e. The Morgan fingerprint density at radius 3 is 2.05 bits per heavy atom. The molecule has 0 atom stereocenters. The highest BCUT2D eigenvalue weighted by atomic mass is 19.1. The number of aryl methyl sites for hydroxylation is 1. The molecule has 0 bridgehead atoms. The summed E-state index contributed by atoms with van der Waals surface area (Å²) >= 11 is 0. The predicted molar refractivity (Wildman–Crippen MR) is 152 cm³/mol. The number of nitrogens with zero attached hydrogens (tertiary/aromatic N) is 3. The lowest BCUT2D eigenvalue weighted by Gasteiger charge is -2.13. The number of esters is 1. The minimum absolute atomic E-state index is 0.00330. The third-order valence-electron chi connectivity index (χ3n) is 5.35. The van der Waals surface area contributed by atoms with E-state index < -0.39 is 17.5 Å². The summed E-state index contributed by atoms with van der Waals surface area (Å²) in [6.07, 6.45) is 8.74.